The lowest BCUT2D eigenvalue weighted by Gasteiger charge is -2.35. The highest BCUT2D eigenvalue weighted by Gasteiger charge is 2.42. The summed E-state index contributed by atoms with van der Waals surface area (Å²) in [7, 11) is -3.20. The molecule has 2 aliphatic rings. The molecule has 0 aliphatic carbocycles. The summed E-state index contributed by atoms with van der Waals surface area (Å²) in [5.41, 5.74) is 0. The van der Waals surface area contributed by atoms with E-state index in [-0.39, 0.29) is 6.54 Å². The van der Waals surface area contributed by atoms with Crippen LogP contribution in [0.5, 0.6) is 0 Å². The summed E-state index contributed by atoms with van der Waals surface area (Å²) in [6.07, 6.45) is 6.37. The smallest absolute Gasteiger partial charge is 0.191 e. The van der Waals surface area contributed by atoms with Gasteiger partial charge in [-0.3, -0.25) is 9.89 Å². The maximum atomic E-state index is 12.4. The monoisotopic (exact) mass is 386 g/mol. The molecule has 0 unspecified atom stereocenters. The largest absolute Gasteiger partial charge is 0.381 e. The molecule has 0 radical (unpaired) electrons. The topological polar surface area (TPSA) is 83.0 Å². The number of likely N-dealkylation sites (tertiary alicyclic amines) is 1. The SMILES string of the molecule is C=CCN1CCC(NC(=NCC2(S(C)(=O)=O)CCOCC2)NCC)CC1. The molecule has 150 valence electrons. The van der Waals surface area contributed by atoms with Crippen LogP contribution in [-0.4, -0.2) is 82.3 Å². The number of hydrogen-bond acceptors (Lipinski definition) is 5. The first-order valence-corrected chi connectivity index (χ1v) is 11.4. The van der Waals surface area contributed by atoms with Crippen molar-refractivity contribution in [2.45, 2.75) is 43.4 Å². The predicted molar refractivity (Wildman–Crippen MR) is 106 cm³/mol. The molecule has 8 heteroatoms. The van der Waals surface area contributed by atoms with Gasteiger partial charge in [0.1, 0.15) is 0 Å². The van der Waals surface area contributed by atoms with E-state index in [0.717, 1.165) is 39.0 Å². The molecule has 0 atom stereocenters. The molecular weight excluding hydrogens is 352 g/mol. The highest BCUT2D eigenvalue weighted by atomic mass is 32.2. The highest BCUT2D eigenvalue weighted by Crippen LogP contribution is 2.29. The molecule has 0 spiro atoms. The normalized spacial score (nSPS) is 22.8. The molecule has 0 bridgehead atoms. The Labute approximate surface area is 158 Å². The standard InChI is InChI=1S/C18H34N4O3S/c1-4-10-22-11-6-16(7-12-22)21-17(19-5-2)20-15-18(26(3,23)24)8-13-25-14-9-18/h4,16H,1,5-15H2,2-3H3,(H2,19,20,21). The zero-order chi connectivity index (χ0) is 19.0. The van der Waals surface area contributed by atoms with Crippen molar-refractivity contribution < 1.29 is 13.2 Å². The maximum Gasteiger partial charge on any atom is 0.191 e. The number of ether oxygens (including phenoxy) is 1. The Bertz CT molecular complexity index is 577. The van der Waals surface area contributed by atoms with Crippen LogP contribution in [-0.2, 0) is 14.6 Å². The van der Waals surface area contributed by atoms with E-state index < -0.39 is 14.6 Å². The van der Waals surface area contributed by atoms with Gasteiger partial charge in [-0.15, -0.1) is 6.58 Å². The zero-order valence-corrected chi connectivity index (χ0v) is 17.0. The third kappa shape index (κ3) is 5.69. The van der Waals surface area contributed by atoms with Gasteiger partial charge in [0.05, 0.1) is 11.3 Å². The molecule has 7 nitrogen and oxygen atoms in total. The molecule has 0 amide bonds. The molecule has 2 fully saturated rings. The van der Waals surface area contributed by atoms with Gasteiger partial charge >= 0.3 is 0 Å². The summed E-state index contributed by atoms with van der Waals surface area (Å²) in [4.78, 5) is 7.04. The molecule has 2 aliphatic heterocycles. The molecule has 2 rings (SSSR count). The van der Waals surface area contributed by atoms with E-state index in [1.54, 1.807) is 0 Å². The van der Waals surface area contributed by atoms with E-state index in [0.29, 0.717) is 38.1 Å². The number of rotatable bonds is 7. The summed E-state index contributed by atoms with van der Waals surface area (Å²) in [6, 6.07) is 0.359. The van der Waals surface area contributed by atoms with Crippen LogP contribution in [0.15, 0.2) is 17.6 Å². The fourth-order valence-electron chi connectivity index (χ4n) is 3.57. The van der Waals surface area contributed by atoms with Crippen LogP contribution in [0, 0.1) is 0 Å². The van der Waals surface area contributed by atoms with E-state index in [1.807, 2.05) is 13.0 Å². The maximum absolute atomic E-state index is 12.4. The van der Waals surface area contributed by atoms with Gasteiger partial charge in [-0.2, -0.15) is 0 Å². The second-order valence-corrected chi connectivity index (χ2v) is 9.68. The van der Waals surface area contributed by atoms with Crippen LogP contribution in [0.2, 0.25) is 0 Å². The minimum atomic E-state index is -3.20. The van der Waals surface area contributed by atoms with Crippen molar-refractivity contribution in [3.8, 4) is 0 Å². The average Bonchev–Trinajstić information content (AvgIpc) is 2.62. The van der Waals surface area contributed by atoms with E-state index in [1.165, 1.54) is 6.26 Å². The van der Waals surface area contributed by atoms with Crippen molar-refractivity contribution in [2.75, 3.05) is 52.2 Å². The number of nitrogens with zero attached hydrogens (tertiary/aromatic N) is 2. The minimum absolute atomic E-state index is 0.278. The van der Waals surface area contributed by atoms with Gasteiger partial charge in [-0.05, 0) is 32.6 Å². The van der Waals surface area contributed by atoms with Crippen LogP contribution >= 0.6 is 0 Å². The highest BCUT2D eigenvalue weighted by molar-refractivity contribution is 7.92. The lowest BCUT2D eigenvalue weighted by Crippen LogP contribution is -2.50. The molecule has 2 heterocycles. The van der Waals surface area contributed by atoms with E-state index in [9.17, 15) is 8.42 Å². The Morgan fingerprint density at radius 2 is 2.00 bits per heavy atom. The molecule has 0 saturated carbocycles. The molecule has 2 saturated heterocycles. The number of sulfone groups is 1. The third-order valence-corrected chi connectivity index (χ3v) is 7.49. The van der Waals surface area contributed by atoms with Crippen molar-refractivity contribution in [2.24, 2.45) is 4.99 Å². The first-order chi connectivity index (χ1) is 12.4. The average molecular weight is 387 g/mol. The van der Waals surface area contributed by atoms with E-state index in [2.05, 4.69) is 27.1 Å². The minimum Gasteiger partial charge on any atom is -0.381 e. The fourth-order valence-corrected chi connectivity index (χ4v) is 4.78. The van der Waals surface area contributed by atoms with Gasteiger partial charge in [0, 0.05) is 51.7 Å². The van der Waals surface area contributed by atoms with E-state index in [4.69, 9.17) is 4.74 Å². The molecule has 0 aromatic rings. The fraction of sp³-hybridized carbons (Fsp3) is 0.833. The molecule has 2 N–H and O–H groups in total. The molecule has 26 heavy (non-hydrogen) atoms. The Morgan fingerprint density at radius 1 is 1.35 bits per heavy atom. The Kier molecular flexibility index (Phi) is 7.91. The van der Waals surface area contributed by atoms with Crippen LogP contribution in [0.25, 0.3) is 0 Å². The molecule has 0 aromatic carbocycles. The van der Waals surface area contributed by atoms with Crippen molar-refractivity contribution in [3.63, 3.8) is 0 Å². The van der Waals surface area contributed by atoms with Gasteiger partial charge in [-0.25, -0.2) is 8.42 Å². The summed E-state index contributed by atoms with van der Waals surface area (Å²) in [5.74, 6) is 0.712. The van der Waals surface area contributed by atoms with Gasteiger partial charge < -0.3 is 15.4 Å². The van der Waals surface area contributed by atoms with Gasteiger partial charge in [0.15, 0.2) is 15.8 Å². The summed E-state index contributed by atoms with van der Waals surface area (Å²) in [6.45, 7) is 10.8. The van der Waals surface area contributed by atoms with Crippen molar-refractivity contribution in [3.05, 3.63) is 12.7 Å². The van der Waals surface area contributed by atoms with Crippen molar-refractivity contribution in [1.29, 1.82) is 0 Å². The Morgan fingerprint density at radius 3 is 2.54 bits per heavy atom. The molecule has 0 aromatic heterocycles. The summed E-state index contributed by atoms with van der Waals surface area (Å²) >= 11 is 0. The Hall–Kier alpha value is -1.12. The second kappa shape index (κ2) is 9.71. The van der Waals surface area contributed by atoms with Crippen molar-refractivity contribution in [1.82, 2.24) is 15.5 Å². The third-order valence-electron chi connectivity index (χ3n) is 5.38. The van der Waals surface area contributed by atoms with Crippen LogP contribution in [0.4, 0.5) is 0 Å². The first-order valence-electron chi connectivity index (χ1n) is 9.55. The van der Waals surface area contributed by atoms with Gasteiger partial charge in [0.25, 0.3) is 0 Å². The lowest BCUT2D eigenvalue weighted by molar-refractivity contribution is 0.0768. The summed E-state index contributed by atoms with van der Waals surface area (Å²) < 4.78 is 29.3. The second-order valence-electron chi connectivity index (χ2n) is 7.27. The van der Waals surface area contributed by atoms with Crippen LogP contribution < -0.4 is 10.6 Å². The van der Waals surface area contributed by atoms with Crippen molar-refractivity contribution >= 4 is 15.8 Å². The van der Waals surface area contributed by atoms with E-state index >= 15 is 0 Å². The number of aliphatic imine (C=N–C) groups is 1. The first kappa shape index (κ1) is 21.2. The quantitative estimate of drug-likeness (QED) is 0.382. The molecular formula is C18H34N4O3S. The zero-order valence-electron chi connectivity index (χ0n) is 16.2. The number of guanidine groups is 1. The number of nitrogens with one attached hydrogen (secondary N) is 2. The Balaban J connectivity index is 2.00. The van der Waals surface area contributed by atoms with Gasteiger partial charge in [0.2, 0.25) is 0 Å². The number of hydrogen-bond donors (Lipinski definition) is 2. The van der Waals surface area contributed by atoms with Crippen LogP contribution in [0.3, 0.4) is 0 Å². The predicted octanol–water partition coefficient (Wildman–Crippen LogP) is 0.786. The summed E-state index contributed by atoms with van der Waals surface area (Å²) in [5, 5.41) is 6.75. The lowest BCUT2D eigenvalue weighted by atomic mass is 9.99. The van der Waals surface area contributed by atoms with Gasteiger partial charge in [-0.1, -0.05) is 6.08 Å². The van der Waals surface area contributed by atoms with Crippen LogP contribution in [0.1, 0.15) is 32.6 Å². The number of piperidine rings is 1.